The zero-order chi connectivity index (χ0) is 24.3. The van der Waals surface area contributed by atoms with Crippen LogP contribution in [0, 0.1) is 0 Å². The maximum Gasteiger partial charge on any atom is 0.412 e. The molecule has 0 saturated heterocycles. The van der Waals surface area contributed by atoms with Gasteiger partial charge in [-0.15, -0.1) is 0 Å². The molecule has 0 atom stereocenters. The van der Waals surface area contributed by atoms with Crippen molar-refractivity contribution in [2.75, 3.05) is 19.4 Å². The van der Waals surface area contributed by atoms with Crippen LogP contribution in [-0.4, -0.2) is 52.5 Å². The number of nitrogens with two attached hydrogens (primary N) is 1. The molecule has 0 fully saturated rings. The van der Waals surface area contributed by atoms with E-state index in [0.29, 0.717) is 16.9 Å². The summed E-state index contributed by atoms with van der Waals surface area (Å²) < 4.78 is 5.32. The van der Waals surface area contributed by atoms with Crippen LogP contribution < -0.4 is 11.1 Å². The van der Waals surface area contributed by atoms with Crippen molar-refractivity contribution < 1.29 is 19.1 Å². The molecule has 9 heteroatoms. The zero-order valence-corrected chi connectivity index (χ0v) is 19.2. The Morgan fingerprint density at radius 2 is 1.88 bits per heavy atom. The van der Waals surface area contributed by atoms with Gasteiger partial charge in [-0.05, 0) is 50.6 Å². The molecule has 2 aromatic heterocycles. The maximum atomic E-state index is 12.9. The quantitative estimate of drug-likeness (QED) is 0.510. The van der Waals surface area contributed by atoms with Crippen LogP contribution in [0.2, 0.25) is 0 Å². The lowest BCUT2D eigenvalue weighted by molar-refractivity contribution is -0.113. The Morgan fingerprint density at radius 3 is 2.52 bits per heavy atom. The van der Waals surface area contributed by atoms with Crippen molar-refractivity contribution in [3.8, 4) is 11.1 Å². The minimum absolute atomic E-state index is 0.274. The number of hydrogen-bond acceptors (Lipinski definition) is 5. The summed E-state index contributed by atoms with van der Waals surface area (Å²) in [5.41, 5.74) is 8.07. The highest BCUT2D eigenvalue weighted by Gasteiger charge is 2.20. The largest absolute Gasteiger partial charge is 0.444 e. The van der Waals surface area contributed by atoms with Gasteiger partial charge in [0, 0.05) is 49.1 Å². The standard InChI is InChI=1S/C24H27N5O4/c1-24(2,3)33-23(32)28-19-8-6-14(10-18(19)22(31)29(4)5)16-11-17-15(7-9-20(25)30)12-26-21(17)27-13-16/h6-13H,1-5H3,(H2,25,30)(H,26,27)(H,28,32)/b9-7+. The molecule has 33 heavy (non-hydrogen) atoms. The Balaban J connectivity index is 2.03. The number of aromatic amines is 1. The second kappa shape index (κ2) is 9.15. The fourth-order valence-electron chi connectivity index (χ4n) is 3.16. The number of amides is 3. The number of aromatic nitrogens is 2. The molecule has 0 bridgehead atoms. The van der Waals surface area contributed by atoms with Gasteiger partial charge in [0.05, 0.1) is 11.3 Å². The van der Waals surface area contributed by atoms with E-state index in [4.69, 9.17) is 10.5 Å². The molecule has 2 heterocycles. The van der Waals surface area contributed by atoms with E-state index < -0.39 is 17.6 Å². The number of carbonyl (C=O) groups is 3. The van der Waals surface area contributed by atoms with Gasteiger partial charge >= 0.3 is 6.09 Å². The molecular weight excluding hydrogens is 422 g/mol. The summed E-state index contributed by atoms with van der Waals surface area (Å²) in [7, 11) is 3.27. The second-order valence-electron chi connectivity index (χ2n) is 8.69. The second-order valence-corrected chi connectivity index (χ2v) is 8.69. The van der Waals surface area contributed by atoms with Gasteiger partial charge in [-0.3, -0.25) is 14.9 Å². The van der Waals surface area contributed by atoms with Gasteiger partial charge in [-0.1, -0.05) is 6.07 Å². The van der Waals surface area contributed by atoms with Crippen molar-refractivity contribution in [1.29, 1.82) is 0 Å². The van der Waals surface area contributed by atoms with Crippen molar-refractivity contribution in [3.63, 3.8) is 0 Å². The number of ether oxygens (including phenoxy) is 1. The number of rotatable bonds is 5. The number of benzene rings is 1. The van der Waals surface area contributed by atoms with Crippen LogP contribution in [0.25, 0.3) is 28.2 Å². The molecule has 0 spiro atoms. The molecule has 1 aromatic carbocycles. The molecule has 3 aromatic rings. The molecule has 172 valence electrons. The van der Waals surface area contributed by atoms with E-state index in [2.05, 4.69) is 15.3 Å². The monoisotopic (exact) mass is 449 g/mol. The van der Waals surface area contributed by atoms with Crippen molar-refractivity contribution in [2.24, 2.45) is 5.73 Å². The van der Waals surface area contributed by atoms with Crippen LogP contribution in [0.15, 0.2) is 42.7 Å². The Bertz CT molecular complexity index is 1250. The average molecular weight is 450 g/mol. The number of primary amides is 1. The fourth-order valence-corrected chi connectivity index (χ4v) is 3.16. The Labute approximate surface area is 191 Å². The Kier molecular flexibility index (Phi) is 6.52. The van der Waals surface area contributed by atoms with Crippen LogP contribution in [0.3, 0.4) is 0 Å². The highest BCUT2D eigenvalue weighted by Crippen LogP contribution is 2.29. The summed E-state index contributed by atoms with van der Waals surface area (Å²) >= 11 is 0. The van der Waals surface area contributed by atoms with Crippen molar-refractivity contribution >= 4 is 40.7 Å². The lowest BCUT2D eigenvalue weighted by Gasteiger charge is -2.21. The molecule has 0 radical (unpaired) electrons. The zero-order valence-electron chi connectivity index (χ0n) is 19.2. The third-order valence-corrected chi connectivity index (χ3v) is 4.62. The summed E-state index contributed by atoms with van der Waals surface area (Å²) in [4.78, 5) is 45.1. The van der Waals surface area contributed by atoms with Crippen LogP contribution >= 0.6 is 0 Å². The summed E-state index contributed by atoms with van der Waals surface area (Å²) in [6.45, 7) is 5.29. The van der Waals surface area contributed by atoms with E-state index in [0.717, 1.165) is 22.1 Å². The predicted octanol–water partition coefficient (Wildman–Crippen LogP) is 3.78. The number of H-pyrrole nitrogens is 1. The number of fused-ring (bicyclic) bond motifs is 1. The highest BCUT2D eigenvalue weighted by molar-refractivity contribution is 6.04. The number of pyridine rings is 1. The first kappa shape index (κ1) is 23.5. The van der Waals surface area contributed by atoms with E-state index in [1.165, 1.54) is 11.0 Å². The summed E-state index contributed by atoms with van der Waals surface area (Å²) in [5.74, 6) is -0.822. The normalized spacial score (nSPS) is 11.5. The van der Waals surface area contributed by atoms with Crippen LogP contribution in [0.1, 0.15) is 36.7 Å². The first-order valence-electron chi connectivity index (χ1n) is 10.3. The van der Waals surface area contributed by atoms with Gasteiger partial charge in [0.25, 0.3) is 5.91 Å². The van der Waals surface area contributed by atoms with Crippen LogP contribution in [0.4, 0.5) is 10.5 Å². The first-order chi connectivity index (χ1) is 15.4. The van der Waals surface area contributed by atoms with Gasteiger partial charge in [-0.25, -0.2) is 9.78 Å². The minimum Gasteiger partial charge on any atom is -0.444 e. The first-order valence-corrected chi connectivity index (χ1v) is 10.3. The molecule has 3 rings (SSSR count). The van der Waals surface area contributed by atoms with Gasteiger partial charge in [0.15, 0.2) is 0 Å². The van der Waals surface area contributed by atoms with Gasteiger partial charge in [0.2, 0.25) is 5.91 Å². The summed E-state index contributed by atoms with van der Waals surface area (Å²) in [6.07, 6.45) is 5.65. The molecule has 9 nitrogen and oxygen atoms in total. The van der Waals surface area contributed by atoms with Gasteiger partial charge in [0.1, 0.15) is 11.2 Å². The van der Waals surface area contributed by atoms with Crippen molar-refractivity contribution in [2.45, 2.75) is 26.4 Å². The Hall–Kier alpha value is -4.14. The number of nitrogens with one attached hydrogen (secondary N) is 2. The summed E-state index contributed by atoms with van der Waals surface area (Å²) in [5, 5.41) is 3.45. The van der Waals surface area contributed by atoms with E-state index in [-0.39, 0.29) is 5.91 Å². The predicted molar refractivity (Wildman–Crippen MR) is 128 cm³/mol. The molecule has 3 amide bonds. The van der Waals surface area contributed by atoms with Gasteiger partial charge in [-0.2, -0.15) is 0 Å². The molecular formula is C24H27N5O4. The molecule has 0 aliphatic carbocycles. The molecule has 0 aliphatic rings. The molecule has 0 aliphatic heterocycles. The highest BCUT2D eigenvalue weighted by atomic mass is 16.6. The van der Waals surface area contributed by atoms with E-state index in [1.807, 2.05) is 6.07 Å². The van der Waals surface area contributed by atoms with E-state index in [1.54, 1.807) is 71.5 Å². The minimum atomic E-state index is -0.673. The molecule has 4 N–H and O–H groups in total. The third-order valence-electron chi connectivity index (χ3n) is 4.62. The van der Waals surface area contributed by atoms with Crippen molar-refractivity contribution in [3.05, 3.63) is 53.9 Å². The Morgan fingerprint density at radius 1 is 1.15 bits per heavy atom. The third kappa shape index (κ3) is 5.76. The molecule has 0 unspecified atom stereocenters. The van der Waals surface area contributed by atoms with Crippen LogP contribution in [0.5, 0.6) is 0 Å². The van der Waals surface area contributed by atoms with Crippen molar-refractivity contribution in [1.82, 2.24) is 14.9 Å². The van der Waals surface area contributed by atoms with Gasteiger partial charge < -0.3 is 20.4 Å². The number of nitrogens with zero attached hydrogens (tertiary/aromatic N) is 2. The lowest BCUT2D eigenvalue weighted by atomic mass is 10.0. The lowest BCUT2D eigenvalue weighted by Crippen LogP contribution is -2.29. The smallest absolute Gasteiger partial charge is 0.412 e. The number of anilines is 1. The average Bonchev–Trinajstić information content (AvgIpc) is 3.12. The maximum absolute atomic E-state index is 12.9. The topological polar surface area (TPSA) is 130 Å². The van der Waals surface area contributed by atoms with Crippen LogP contribution in [-0.2, 0) is 9.53 Å². The van der Waals surface area contributed by atoms with E-state index in [9.17, 15) is 14.4 Å². The number of carbonyl (C=O) groups excluding carboxylic acids is 3. The number of hydrogen-bond donors (Lipinski definition) is 3. The summed E-state index contributed by atoms with van der Waals surface area (Å²) in [6, 6.07) is 7.04. The fraction of sp³-hybridized carbons (Fsp3) is 0.250. The van der Waals surface area contributed by atoms with E-state index >= 15 is 0 Å². The SMILES string of the molecule is CN(C)C(=O)c1cc(-c2cnc3[nH]cc(/C=C/C(N)=O)c3c2)ccc1NC(=O)OC(C)(C)C. The molecule has 0 saturated carbocycles.